The predicted molar refractivity (Wildman–Crippen MR) is 110 cm³/mol. The Morgan fingerprint density at radius 1 is 1.32 bits per heavy atom. The first-order valence-electron chi connectivity index (χ1n) is 9.91. The largest absolute Gasteiger partial charge is 0.391 e. The van der Waals surface area contributed by atoms with Crippen LogP contribution in [0.5, 0.6) is 0 Å². The summed E-state index contributed by atoms with van der Waals surface area (Å²) in [6, 6.07) is 3.03. The standard InChI is InChI=1S/C19H25N7O4S/c1-25-11-15(10-21-25)31(28,29)24-16-8-13(5-6-17(16)27)19-22-18(12-30-2)23-26(19)14-4-3-7-20-9-14/h3-4,7,9-11,13,16-17,24,27H,5-6,8,12H2,1-2H3/t13-,16+,17+/m0/s1. The molecule has 0 aliphatic heterocycles. The third kappa shape index (κ3) is 4.66. The fourth-order valence-corrected chi connectivity index (χ4v) is 5.08. The third-order valence-electron chi connectivity index (χ3n) is 5.32. The molecule has 0 radical (unpaired) electrons. The number of hydrogen-bond donors (Lipinski definition) is 2. The molecule has 31 heavy (non-hydrogen) atoms. The van der Waals surface area contributed by atoms with Crippen molar-refractivity contribution in [1.82, 2.24) is 34.3 Å². The number of rotatable bonds is 7. The lowest BCUT2D eigenvalue weighted by molar-refractivity contribution is 0.0918. The van der Waals surface area contributed by atoms with Gasteiger partial charge >= 0.3 is 0 Å². The lowest BCUT2D eigenvalue weighted by Gasteiger charge is -2.33. The van der Waals surface area contributed by atoms with Gasteiger partial charge in [-0.3, -0.25) is 9.67 Å². The second kappa shape index (κ2) is 8.83. The molecule has 3 atom stereocenters. The Balaban J connectivity index is 1.61. The van der Waals surface area contributed by atoms with E-state index in [2.05, 4.69) is 24.9 Å². The van der Waals surface area contributed by atoms with Crippen LogP contribution in [-0.2, 0) is 28.4 Å². The van der Waals surface area contributed by atoms with Crippen LogP contribution in [0.25, 0.3) is 5.69 Å². The molecule has 0 bridgehead atoms. The van der Waals surface area contributed by atoms with Crippen molar-refractivity contribution in [3.8, 4) is 5.69 Å². The summed E-state index contributed by atoms with van der Waals surface area (Å²) in [4.78, 5) is 8.86. The quantitative estimate of drug-likeness (QED) is 0.535. The van der Waals surface area contributed by atoms with Gasteiger partial charge in [0.1, 0.15) is 17.3 Å². The summed E-state index contributed by atoms with van der Waals surface area (Å²) in [7, 11) is -0.589. The molecule has 3 aromatic rings. The first-order valence-corrected chi connectivity index (χ1v) is 11.4. The first kappa shape index (κ1) is 21.6. The van der Waals surface area contributed by atoms with Gasteiger partial charge in [0.2, 0.25) is 10.0 Å². The molecule has 0 spiro atoms. The molecule has 0 amide bonds. The summed E-state index contributed by atoms with van der Waals surface area (Å²) in [5.41, 5.74) is 0.756. The summed E-state index contributed by atoms with van der Waals surface area (Å²) < 4.78 is 36.5. The molecule has 166 valence electrons. The number of ether oxygens (including phenoxy) is 1. The molecule has 1 saturated carbocycles. The van der Waals surface area contributed by atoms with E-state index in [1.807, 2.05) is 12.1 Å². The smallest absolute Gasteiger partial charge is 0.244 e. The van der Waals surface area contributed by atoms with Crippen LogP contribution in [0.15, 0.2) is 41.8 Å². The molecule has 12 heteroatoms. The highest BCUT2D eigenvalue weighted by Gasteiger charge is 2.36. The predicted octanol–water partition coefficient (Wildman–Crippen LogP) is 0.518. The van der Waals surface area contributed by atoms with Crippen molar-refractivity contribution in [2.45, 2.75) is 48.8 Å². The van der Waals surface area contributed by atoms with Gasteiger partial charge < -0.3 is 9.84 Å². The Morgan fingerprint density at radius 2 is 2.16 bits per heavy atom. The fraction of sp³-hybridized carbons (Fsp3) is 0.474. The van der Waals surface area contributed by atoms with Crippen LogP contribution in [0.1, 0.15) is 36.8 Å². The minimum atomic E-state index is -3.81. The molecule has 3 heterocycles. The normalized spacial score (nSPS) is 22.0. The van der Waals surface area contributed by atoms with Crippen LogP contribution in [0.2, 0.25) is 0 Å². The van der Waals surface area contributed by atoms with Gasteiger partial charge in [-0.15, -0.1) is 5.10 Å². The van der Waals surface area contributed by atoms with Gasteiger partial charge in [0.05, 0.1) is 24.2 Å². The summed E-state index contributed by atoms with van der Waals surface area (Å²) in [5, 5.41) is 19.0. The maximum absolute atomic E-state index is 12.7. The zero-order valence-electron chi connectivity index (χ0n) is 17.3. The van der Waals surface area contributed by atoms with E-state index >= 15 is 0 Å². The molecule has 1 aliphatic carbocycles. The Hall–Kier alpha value is -2.67. The average Bonchev–Trinajstić information content (AvgIpc) is 3.37. The van der Waals surface area contributed by atoms with Crippen molar-refractivity contribution in [3.63, 3.8) is 0 Å². The second-order valence-corrected chi connectivity index (χ2v) is 9.31. The number of methoxy groups -OCH3 is 1. The number of nitrogens with one attached hydrogen (secondary N) is 1. The van der Waals surface area contributed by atoms with E-state index in [1.165, 1.54) is 17.1 Å². The Kier molecular flexibility index (Phi) is 6.14. The molecule has 4 rings (SSSR count). The Morgan fingerprint density at radius 3 is 2.84 bits per heavy atom. The van der Waals surface area contributed by atoms with Gasteiger partial charge in [-0.05, 0) is 31.4 Å². The van der Waals surface area contributed by atoms with Crippen molar-refractivity contribution in [1.29, 1.82) is 0 Å². The minimum Gasteiger partial charge on any atom is -0.391 e. The summed E-state index contributed by atoms with van der Waals surface area (Å²) in [6.07, 6.45) is 6.74. The number of sulfonamides is 1. The Bertz CT molecular complexity index is 1130. The number of hydrogen-bond acceptors (Lipinski definition) is 8. The van der Waals surface area contributed by atoms with Gasteiger partial charge in [-0.1, -0.05) is 0 Å². The molecule has 2 N–H and O–H groups in total. The van der Waals surface area contributed by atoms with Gasteiger partial charge in [0, 0.05) is 38.5 Å². The third-order valence-corrected chi connectivity index (χ3v) is 6.76. The van der Waals surface area contributed by atoms with Crippen molar-refractivity contribution in [2.75, 3.05) is 7.11 Å². The number of aliphatic hydroxyl groups is 1. The molecule has 11 nitrogen and oxygen atoms in total. The zero-order chi connectivity index (χ0) is 22.0. The van der Waals surface area contributed by atoms with E-state index in [-0.39, 0.29) is 17.4 Å². The highest BCUT2D eigenvalue weighted by molar-refractivity contribution is 7.89. The van der Waals surface area contributed by atoms with Crippen molar-refractivity contribution in [3.05, 3.63) is 48.6 Å². The molecular weight excluding hydrogens is 422 g/mol. The van der Waals surface area contributed by atoms with Gasteiger partial charge in [-0.2, -0.15) is 5.10 Å². The van der Waals surface area contributed by atoms with Crippen molar-refractivity contribution < 1.29 is 18.3 Å². The van der Waals surface area contributed by atoms with E-state index < -0.39 is 22.2 Å². The number of aromatic nitrogens is 6. The van der Waals surface area contributed by atoms with E-state index in [9.17, 15) is 13.5 Å². The molecule has 0 unspecified atom stereocenters. The first-order chi connectivity index (χ1) is 14.9. The van der Waals surface area contributed by atoms with Crippen LogP contribution in [-0.4, -0.2) is 62.3 Å². The van der Waals surface area contributed by atoms with Crippen molar-refractivity contribution in [2.24, 2.45) is 7.05 Å². The number of aliphatic hydroxyl groups excluding tert-OH is 1. The lowest BCUT2D eigenvalue weighted by atomic mass is 9.83. The maximum Gasteiger partial charge on any atom is 0.244 e. The number of aryl methyl sites for hydroxylation is 1. The molecule has 0 aromatic carbocycles. The Labute approximate surface area is 180 Å². The van der Waals surface area contributed by atoms with E-state index in [1.54, 1.807) is 31.2 Å². The summed E-state index contributed by atoms with van der Waals surface area (Å²) in [6.45, 7) is 0.257. The van der Waals surface area contributed by atoms with Crippen molar-refractivity contribution >= 4 is 10.0 Å². The van der Waals surface area contributed by atoms with Crippen LogP contribution >= 0.6 is 0 Å². The zero-order valence-corrected chi connectivity index (χ0v) is 18.1. The molecule has 0 saturated heterocycles. The highest BCUT2D eigenvalue weighted by atomic mass is 32.2. The van der Waals surface area contributed by atoms with Gasteiger partial charge in [-0.25, -0.2) is 22.8 Å². The minimum absolute atomic E-state index is 0.0604. The summed E-state index contributed by atoms with van der Waals surface area (Å²) >= 11 is 0. The van der Waals surface area contributed by atoms with E-state index in [4.69, 9.17) is 4.74 Å². The SMILES string of the molecule is COCc1nc([C@H]2CC[C@@H](O)[C@H](NS(=O)(=O)c3cnn(C)c3)C2)n(-c2cccnc2)n1. The maximum atomic E-state index is 12.7. The number of pyridine rings is 1. The van der Waals surface area contributed by atoms with E-state index in [0.29, 0.717) is 30.9 Å². The topological polar surface area (TPSA) is 137 Å². The number of nitrogens with zero attached hydrogens (tertiary/aromatic N) is 6. The summed E-state index contributed by atoms with van der Waals surface area (Å²) in [5.74, 6) is 1.11. The van der Waals surface area contributed by atoms with Crippen LogP contribution in [0.3, 0.4) is 0 Å². The molecule has 1 aliphatic rings. The molecule has 1 fully saturated rings. The van der Waals surface area contributed by atoms with Crippen LogP contribution < -0.4 is 4.72 Å². The monoisotopic (exact) mass is 447 g/mol. The van der Waals surface area contributed by atoms with Gasteiger partial charge in [0.25, 0.3) is 0 Å². The molecule has 3 aromatic heterocycles. The second-order valence-electron chi connectivity index (χ2n) is 7.60. The van der Waals surface area contributed by atoms with Crippen LogP contribution in [0, 0.1) is 0 Å². The van der Waals surface area contributed by atoms with Crippen LogP contribution in [0.4, 0.5) is 0 Å². The highest BCUT2D eigenvalue weighted by Crippen LogP contribution is 2.34. The molecular formula is C19H25N7O4S. The average molecular weight is 448 g/mol. The van der Waals surface area contributed by atoms with Gasteiger partial charge in [0.15, 0.2) is 5.82 Å². The lowest BCUT2D eigenvalue weighted by Crippen LogP contribution is -2.46. The fourth-order valence-electron chi connectivity index (χ4n) is 3.81. The van der Waals surface area contributed by atoms with E-state index in [0.717, 1.165) is 5.69 Å².